The predicted molar refractivity (Wildman–Crippen MR) is 122 cm³/mol. The number of sulfone groups is 1. The van der Waals surface area contributed by atoms with Gasteiger partial charge in [0.1, 0.15) is 0 Å². The number of benzene rings is 1. The minimum atomic E-state index is -3.16. The van der Waals surface area contributed by atoms with E-state index in [0.29, 0.717) is 11.3 Å². The zero-order valence-corrected chi connectivity index (χ0v) is 20.0. The van der Waals surface area contributed by atoms with Gasteiger partial charge in [0.25, 0.3) is 11.8 Å². The topological polar surface area (TPSA) is 99.7 Å². The van der Waals surface area contributed by atoms with E-state index < -0.39 is 57.4 Å². The van der Waals surface area contributed by atoms with Crippen LogP contribution in [0.15, 0.2) is 30.5 Å². The van der Waals surface area contributed by atoms with Gasteiger partial charge in [-0.2, -0.15) is 0 Å². The van der Waals surface area contributed by atoms with E-state index >= 15 is 4.39 Å². The molecule has 4 heterocycles. The van der Waals surface area contributed by atoms with Gasteiger partial charge >= 0.3 is 0 Å². The van der Waals surface area contributed by atoms with Gasteiger partial charge in [-0.05, 0) is 50.6 Å². The van der Waals surface area contributed by atoms with Crippen LogP contribution in [-0.4, -0.2) is 61.3 Å². The fourth-order valence-electron chi connectivity index (χ4n) is 4.94. The quantitative estimate of drug-likeness (QED) is 0.682. The fourth-order valence-corrected chi connectivity index (χ4v) is 6.94. The van der Waals surface area contributed by atoms with E-state index in [0.717, 1.165) is 4.90 Å². The Morgan fingerprint density at radius 3 is 2.34 bits per heavy atom. The Balaban J connectivity index is 1.48. The van der Waals surface area contributed by atoms with Gasteiger partial charge in [-0.1, -0.05) is 0 Å². The Bertz CT molecular complexity index is 1370. The highest BCUT2D eigenvalue weighted by molar-refractivity contribution is 7.93. The van der Waals surface area contributed by atoms with Crippen molar-refractivity contribution in [2.75, 3.05) is 34.4 Å². The van der Waals surface area contributed by atoms with Gasteiger partial charge in [0, 0.05) is 11.8 Å². The molecule has 3 aliphatic rings. The number of alkyl halides is 2. The van der Waals surface area contributed by atoms with Crippen molar-refractivity contribution in [2.45, 2.75) is 37.6 Å². The molecule has 0 atom stereocenters. The molecule has 0 saturated carbocycles. The van der Waals surface area contributed by atoms with E-state index in [-0.39, 0.29) is 28.6 Å². The van der Waals surface area contributed by atoms with Crippen LogP contribution in [0.5, 0.6) is 0 Å². The number of carbonyl (C=O) groups excluding carboxylic acids is 2. The SMILES string of the molecule is CC1(NC(=O)c2ccc3c(c2)C(C)(C)C(=O)N3c2ccnc(N3CC(F)(F)C3)c2F)CS(=O)(=O)C1. The van der Waals surface area contributed by atoms with Gasteiger partial charge in [-0.15, -0.1) is 0 Å². The summed E-state index contributed by atoms with van der Waals surface area (Å²) in [6, 6.07) is 5.84. The van der Waals surface area contributed by atoms with Crippen LogP contribution >= 0.6 is 0 Å². The maximum atomic E-state index is 15.4. The summed E-state index contributed by atoms with van der Waals surface area (Å²) >= 11 is 0. The summed E-state index contributed by atoms with van der Waals surface area (Å²) in [5.41, 5.74) is -1.03. The molecular weight excluding hydrogens is 485 g/mol. The normalized spacial score (nSPS) is 22.7. The first-order valence-corrected chi connectivity index (χ1v) is 12.7. The highest BCUT2D eigenvalue weighted by Crippen LogP contribution is 2.47. The van der Waals surface area contributed by atoms with Crippen molar-refractivity contribution >= 4 is 38.8 Å². The number of pyridine rings is 1. The second kappa shape index (κ2) is 7.19. The molecule has 8 nitrogen and oxygen atoms in total. The second-order valence-electron chi connectivity index (χ2n) is 10.2. The van der Waals surface area contributed by atoms with Gasteiger partial charge in [0.15, 0.2) is 21.5 Å². The van der Waals surface area contributed by atoms with Crippen molar-refractivity contribution in [2.24, 2.45) is 0 Å². The smallest absolute Gasteiger partial charge is 0.282 e. The van der Waals surface area contributed by atoms with Gasteiger partial charge in [-0.3, -0.25) is 14.5 Å². The molecule has 1 N–H and O–H groups in total. The van der Waals surface area contributed by atoms with Crippen molar-refractivity contribution in [3.8, 4) is 0 Å². The van der Waals surface area contributed by atoms with Crippen molar-refractivity contribution in [1.82, 2.24) is 10.3 Å². The highest BCUT2D eigenvalue weighted by atomic mass is 32.2. The number of rotatable bonds is 4. The average Bonchev–Trinajstić information content (AvgIpc) is 2.90. The first kappa shape index (κ1) is 23.6. The standard InChI is InChI=1S/C23H23F3N4O4S/c1-21(2)14-8-13(19(31)28-22(3)11-35(33,34)12-22)4-5-15(14)30(20(21)32)16-6-7-27-18(17(16)24)29-9-23(25,26)10-29/h4-8H,9-12H2,1-3H3,(H,28,31). The molecule has 0 aliphatic carbocycles. The molecule has 3 aliphatic heterocycles. The molecule has 186 valence electrons. The molecule has 2 fully saturated rings. The van der Waals surface area contributed by atoms with E-state index in [1.807, 2.05) is 0 Å². The number of fused-ring (bicyclic) bond motifs is 1. The molecule has 0 bridgehead atoms. The number of nitrogens with zero attached hydrogens (tertiary/aromatic N) is 3. The maximum absolute atomic E-state index is 15.4. The largest absolute Gasteiger partial charge is 0.345 e. The number of aromatic nitrogens is 1. The Kier molecular flexibility index (Phi) is 4.84. The maximum Gasteiger partial charge on any atom is 0.282 e. The highest BCUT2D eigenvalue weighted by Gasteiger charge is 2.49. The molecule has 0 unspecified atom stereocenters. The molecule has 2 saturated heterocycles. The second-order valence-corrected chi connectivity index (χ2v) is 12.3. The molecule has 1 aromatic carbocycles. The summed E-state index contributed by atoms with van der Waals surface area (Å²) in [4.78, 5) is 32.4. The van der Waals surface area contributed by atoms with Gasteiger partial charge in [0.2, 0.25) is 5.91 Å². The lowest BCUT2D eigenvalue weighted by Crippen LogP contribution is -2.63. The van der Waals surface area contributed by atoms with E-state index in [4.69, 9.17) is 0 Å². The van der Waals surface area contributed by atoms with Crippen LogP contribution < -0.4 is 15.1 Å². The van der Waals surface area contributed by atoms with Crippen molar-refractivity contribution in [1.29, 1.82) is 0 Å². The molecular formula is C23H23F3N4O4S. The number of nitrogens with one attached hydrogen (secondary N) is 1. The molecule has 5 rings (SSSR count). The van der Waals surface area contributed by atoms with Crippen LogP contribution in [0.2, 0.25) is 0 Å². The van der Waals surface area contributed by atoms with Crippen molar-refractivity contribution in [3.63, 3.8) is 0 Å². The predicted octanol–water partition coefficient (Wildman–Crippen LogP) is 2.55. The Hall–Kier alpha value is -3.15. The first-order valence-electron chi connectivity index (χ1n) is 10.9. The number of halogens is 3. The van der Waals surface area contributed by atoms with Crippen molar-refractivity contribution < 1.29 is 31.2 Å². The minimum absolute atomic E-state index is 0.119. The van der Waals surface area contributed by atoms with Crippen LogP contribution in [0.1, 0.15) is 36.7 Å². The van der Waals surface area contributed by atoms with E-state index in [1.54, 1.807) is 20.8 Å². The summed E-state index contributed by atoms with van der Waals surface area (Å²) in [5, 5.41) is 2.73. The summed E-state index contributed by atoms with van der Waals surface area (Å²) in [5.74, 6) is -5.30. The molecule has 0 radical (unpaired) electrons. The lowest BCUT2D eigenvalue weighted by Gasteiger charge is -2.39. The lowest BCUT2D eigenvalue weighted by molar-refractivity contribution is -0.121. The number of hydrogen-bond acceptors (Lipinski definition) is 6. The third-order valence-corrected chi connectivity index (χ3v) is 8.79. The molecule has 1 aromatic heterocycles. The molecule has 2 amide bonds. The lowest BCUT2D eigenvalue weighted by atomic mass is 9.85. The fraction of sp³-hybridized carbons (Fsp3) is 0.435. The average molecular weight is 509 g/mol. The van der Waals surface area contributed by atoms with Crippen molar-refractivity contribution in [3.05, 3.63) is 47.4 Å². The third kappa shape index (κ3) is 3.74. The Morgan fingerprint density at radius 2 is 1.74 bits per heavy atom. The molecule has 0 spiro atoms. The monoisotopic (exact) mass is 508 g/mol. The first-order chi connectivity index (χ1) is 16.1. The van der Waals surface area contributed by atoms with Crippen LogP contribution in [-0.2, 0) is 20.0 Å². The van der Waals surface area contributed by atoms with Crippen LogP contribution in [0.25, 0.3) is 0 Å². The number of anilines is 3. The van der Waals surface area contributed by atoms with Gasteiger partial charge in [0.05, 0.1) is 46.9 Å². The van der Waals surface area contributed by atoms with E-state index in [9.17, 15) is 26.8 Å². The van der Waals surface area contributed by atoms with E-state index in [2.05, 4.69) is 10.3 Å². The van der Waals surface area contributed by atoms with Gasteiger partial charge < -0.3 is 10.2 Å². The Morgan fingerprint density at radius 1 is 1.09 bits per heavy atom. The number of carbonyl (C=O) groups is 2. The molecule has 2 aromatic rings. The summed E-state index contributed by atoms with van der Waals surface area (Å²) in [6.45, 7) is 3.62. The number of hydrogen-bond donors (Lipinski definition) is 1. The minimum Gasteiger partial charge on any atom is -0.345 e. The summed E-state index contributed by atoms with van der Waals surface area (Å²) in [6.07, 6.45) is 1.26. The third-order valence-electron chi connectivity index (χ3n) is 6.64. The van der Waals surface area contributed by atoms with E-state index in [1.165, 1.54) is 35.4 Å². The zero-order valence-electron chi connectivity index (χ0n) is 19.2. The van der Waals surface area contributed by atoms with Crippen LogP contribution in [0, 0.1) is 5.82 Å². The zero-order chi connectivity index (χ0) is 25.6. The van der Waals surface area contributed by atoms with Crippen LogP contribution in [0.3, 0.4) is 0 Å². The van der Waals surface area contributed by atoms with Gasteiger partial charge in [-0.25, -0.2) is 26.6 Å². The molecule has 35 heavy (non-hydrogen) atoms. The summed E-state index contributed by atoms with van der Waals surface area (Å²) < 4.78 is 65.1. The number of amides is 2. The molecule has 12 heteroatoms. The Labute approximate surface area is 200 Å². The van der Waals surface area contributed by atoms with Crippen LogP contribution in [0.4, 0.5) is 30.4 Å². The summed E-state index contributed by atoms with van der Waals surface area (Å²) in [7, 11) is -3.16.